The fourth-order valence-electron chi connectivity index (χ4n) is 3.02. The minimum absolute atomic E-state index is 0.866. The summed E-state index contributed by atoms with van der Waals surface area (Å²) in [5, 5.41) is 0. The topological polar surface area (TPSA) is 0 Å². The molecule has 4 fully saturated rings. The second-order valence-corrected chi connectivity index (χ2v) is 6.58. The zero-order valence-electron chi connectivity index (χ0n) is 10.3. The summed E-state index contributed by atoms with van der Waals surface area (Å²) in [4.78, 5) is 0. The average Bonchev–Trinajstić information content (AvgIpc) is 2.56. The van der Waals surface area contributed by atoms with Crippen LogP contribution < -0.4 is 0 Å². The Morgan fingerprint density at radius 2 is 1.43 bits per heavy atom. The highest BCUT2D eigenvalue weighted by Gasteiger charge is 2.57. The number of hydrogen-bond acceptors (Lipinski definition) is 0. The normalized spacial score (nSPS) is 38.6. The second kappa shape index (κ2) is 3.54. The second-order valence-electron chi connectivity index (χ2n) is 6.58. The first-order valence-electron chi connectivity index (χ1n) is 6.53. The van der Waals surface area contributed by atoms with Gasteiger partial charge in [0.15, 0.2) is 0 Å². The first-order valence-corrected chi connectivity index (χ1v) is 6.53. The average molecular weight is 194 g/mol. The Kier molecular flexibility index (Phi) is 2.66. The molecule has 4 aliphatic carbocycles. The minimum Gasteiger partial charge on any atom is -0.0625 e. The van der Waals surface area contributed by atoms with Crippen molar-refractivity contribution in [3.63, 3.8) is 0 Å². The molecule has 4 aliphatic rings. The van der Waals surface area contributed by atoms with Gasteiger partial charge in [0.25, 0.3) is 0 Å². The highest BCUT2D eigenvalue weighted by molar-refractivity contribution is 5.07. The van der Waals surface area contributed by atoms with Gasteiger partial charge in [-0.05, 0) is 61.2 Å². The highest BCUT2D eigenvalue weighted by Crippen LogP contribution is 2.67. The maximum Gasteiger partial charge on any atom is -0.0267 e. The summed E-state index contributed by atoms with van der Waals surface area (Å²) < 4.78 is 0. The molecule has 0 aromatic carbocycles. The van der Waals surface area contributed by atoms with E-state index in [1.165, 1.54) is 12.8 Å². The van der Waals surface area contributed by atoms with Gasteiger partial charge in [0.1, 0.15) is 0 Å². The Labute approximate surface area is 89.5 Å². The predicted molar refractivity (Wildman–Crippen MR) is 62.2 cm³/mol. The van der Waals surface area contributed by atoms with Crippen molar-refractivity contribution in [3.8, 4) is 0 Å². The first-order chi connectivity index (χ1) is 6.53. The van der Waals surface area contributed by atoms with E-state index in [9.17, 15) is 0 Å². The molecule has 0 aromatic heterocycles. The molecule has 4 saturated carbocycles. The van der Waals surface area contributed by atoms with Gasteiger partial charge < -0.3 is 0 Å². The lowest BCUT2D eigenvalue weighted by molar-refractivity contribution is -0.141. The van der Waals surface area contributed by atoms with E-state index in [0.717, 1.165) is 29.1 Å². The van der Waals surface area contributed by atoms with E-state index in [1.807, 2.05) is 0 Å². The fraction of sp³-hybridized carbons (Fsp3) is 1.00. The van der Waals surface area contributed by atoms with Gasteiger partial charge >= 0.3 is 0 Å². The molecule has 0 aliphatic heterocycles. The summed E-state index contributed by atoms with van der Waals surface area (Å²) in [7, 11) is 0. The summed E-state index contributed by atoms with van der Waals surface area (Å²) in [6.07, 6.45) is 7.68. The minimum atomic E-state index is 0.866. The SMILES string of the molecule is CC(C)C12CC(C1)C2.CC(C)C1CC1. The van der Waals surface area contributed by atoms with Crippen LogP contribution in [0.1, 0.15) is 59.8 Å². The fourth-order valence-corrected chi connectivity index (χ4v) is 3.02. The van der Waals surface area contributed by atoms with Crippen molar-refractivity contribution in [3.05, 3.63) is 0 Å². The van der Waals surface area contributed by atoms with Gasteiger partial charge in [0.05, 0.1) is 0 Å². The Hall–Kier alpha value is 0. The first kappa shape index (κ1) is 10.5. The molecule has 2 bridgehead atoms. The van der Waals surface area contributed by atoms with Crippen molar-refractivity contribution in [1.82, 2.24) is 0 Å². The molecule has 0 nitrogen and oxygen atoms in total. The van der Waals surface area contributed by atoms with E-state index >= 15 is 0 Å². The van der Waals surface area contributed by atoms with E-state index in [2.05, 4.69) is 27.7 Å². The molecule has 0 heterocycles. The van der Waals surface area contributed by atoms with Crippen LogP contribution in [0.15, 0.2) is 0 Å². The Bertz CT molecular complexity index is 181. The van der Waals surface area contributed by atoms with Crippen LogP contribution in [-0.2, 0) is 0 Å². The van der Waals surface area contributed by atoms with Gasteiger partial charge in [-0.15, -0.1) is 0 Å². The molecule has 0 heteroatoms. The largest absolute Gasteiger partial charge is 0.0625 e. The summed E-state index contributed by atoms with van der Waals surface area (Å²) in [6, 6.07) is 0. The number of hydrogen-bond donors (Lipinski definition) is 0. The van der Waals surface area contributed by atoms with E-state index in [4.69, 9.17) is 0 Å². The van der Waals surface area contributed by atoms with Crippen molar-refractivity contribution in [1.29, 1.82) is 0 Å². The molecule has 4 rings (SSSR count). The molecule has 0 radical (unpaired) electrons. The summed E-state index contributed by atoms with van der Waals surface area (Å²) in [6.45, 7) is 9.35. The van der Waals surface area contributed by atoms with Gasteiger partial charge in [-0.1, -0.05) is 27.7 Å². The standard InChI is InChI=1S/C8H14.C6H12/c1-6(2)8-3-7(4-8)5-8;1-5(2)6-3-4-6/h6-7H,3-5H2,1-2H3;5-6H,3-4H2,1-2H3. The Morgan fingerprint density at radius 3 is 1.43 bits per heavy atom. The quantitative estimate of drug-likeness (QED) is 0.607. The molecule has 0 atom stereocenters. The molecule has 0 spiro atoms. The van der Waals surface area contributed by atoms with Crippen molar-refractivity contribution in [2.75, 3.05) is 0 Å². The van der Waals surface area contributed by atoms with Crippen molar-refractivity contribution >= 4 is 0 Å². The van der Waals surface area contributed by atoms with Gasteiger partial charge in [0, 0.05) is 0 Å². The van der Waals surface area contributed by atoms with Crippen molar-refractivity contribution in [2.45, 2.75) is 59.8 Å². The number of rotatable bonds is 2. The predicted octanol–water partition coefficient (Wildman–Crippen LogP) is 4.49. The molecule has 0 aromatic rings. The van der Waals surface area contributed by atoms with Crippen molar-refractivity contribution < 1.29 is 0 Å². The lowest BCUT2D eigenvalue weighted by Crippen LogP contribution is -2.54. The summed E-state index contributed by atoms with van der Waals surface area (Å²) in [5.41, 5.74) is 0.866. The van der Waals surface area contributed by atoms with Gasteiger partial charge in [-0.25, -0.2) is 0 Å². The third-order valence-electron chi connectivity index (χ3n) is 4.88. The maximum atomic E-state index is 2.37. The molecule has 0 unspecified atom stereocenters. The van der Waals surface area contributed by atoms with Crippen LogP contribution in [0, 0.1) is 29.1 Å². The van der Waals surface area contributed by atoms with Crippen LogP contribution in [-0.4, -0.2) is 0 Å². The molecular formula is C14H26. The lowest BCUT2D eigenvalue weighted by Gasteiger charge is -2.64. The molecule has 14 heavy (non-hydrogen) atoms. The van der Waals surface area contributed by atoms with Crippen LogP contribution in [0.5, 0.6) is 0 Å². The van der Waals surface area contributed by atoms with E-state index in [0.29, 0.717) is 0 Å². The monoisotopic (exact) mass is 194 g/mol. The van der Waals surface area contributed by atoms with Crippen LogP contribution in [0.25, 0.3) is 0 Å². The zero-order chi connectivity index (χ0) is 10.3. The smallest absolute Gasteiger partial charge is 0.0267 e. The van der Waals surface area contributed by atoms with Crippen LogP contribution in [0.2, 0.25) is 0 Å². The molecule has 0 saturated heterocycles. The third kappa shape index (κ3) is 1.85. The van der Waals surface area contributed by atoms with E-state index < -0.39 is 0 Å². The van der Waals surface area contributed by atoms with Gasteiger partial charge in [-0.3, -0.25) is 0 Å². The lowest BCUT2D eigenvalue weighted by atomic mass is 9.41. The Balaban J connectivity index is 0.000000112. The van der Waals surface area contributed by atoms with Gasteiger partial charge in [-0.2, -0.15) is 0 Å². The molecular weight excluding hydrogens is 168 g/mol. The van der Waals surface area contributed by atoms with Gasteiger partial charge in [0.2, 0.25) is 0 Å². The highest BCUT2D eigenvalue weighted by atomic mass is 14.6. The van der Waals surface area contributed by atoms with Crippen LogP contribution in [0.4, 0.5) is 0 Å². The summed E-state index contributed by atoms with van der Waals surface area (Å²) >= 11 is 0. The Morgan fingerprint density at radius 1 is 0.929 bits per heavy atom. The van der Waals surface area contributed by atoms with E-state index in [1.54, 1.807) is 19.3 Å². The zero-order valence-corrected chi connectivity index (χ0v) is 10.3. The molecule has 0 amide bonds. The van der Waals surface area contributed by atoms with E-state index in [-0.39, 0.29) is 0 Å². The van der Waals surface area contributed by atoms with Crippen LogP contribution >= 0.6 is 0 Å². The molecule has 82 valence electrons. The molecule has 0 N–H and O–H groups in total. The third-order valence-corrected chi connectivity index (χ3v) is 4.88. The van der Waals surface area contributed by atoms with Crippen molar-refractivity contribution in [2.24, 2.45) is 29.1 Å². The summed E-state index contributed by atoms with van der Waals surface area (Å²) in [5.74, 6) is 4.19. The van der Waals surface area contributed by atoms with Crippen LogP contribution in [0.3, 0.4) is 0 Å². The maximum absolute atomic E-state index is 2.37.